The number of carbonyl (C=O) groups is 1. The molecule has 1 saturated heterocycles. The topological polar surface area (TPSA) is 120 Å². The van der Waals surface area contributed by atoms with Gasteiger partial charge in [-0.1, -0.05) is 59.4 Å². The van der Waals surface area contributed by atoms with E-state index in [2.05, 4.69) is 17.9 Å². The molecule has 1 aliphatic heterocycles. The maximum Gasteiger partial charge on any atom is 0.314 e. The zero-order chi connectivity index (χ0) is 25.6. The molecule has 12 heteroatoms. The average molecular weight is 522 g/mol. The van der Waals surface area contributed by atoms with E-state index in [1.807, 2.05) is 47.7 Å². The van der Waals surface area contributed by atoms with Gasteiger partial charge in [0, 0.05) is 32.7 Å². The number of nitrogens with two attached hydrogens (primary N) is 1. The number of hydrogen-bond acceptors (Lipinski definition) is 9. The van der Waals surface area contributed by atoms with Gasteiger partial charge >= 0.3 is 6.03 Å². The summed E-state index contributed by atoms with van der Waals surface area (Å²) < 4.78 is 1.86. The van der Waals surface area contributed by atoms with Crippen LogP contribution >= 0.6 is 22.7 Å². The summed E-state index contributed by atoms with van der Waals surface area (Å²) >= 11 is 2.89. The number of amides is 2. The van der Waals surface area contributed by atoms with E-state index in [0.29, 0.717) is 22.2 Å². The number of fused-ring (bicyclic) bond motifs is 1. The molecule has 0 spiro atoms. The highest BCUT2D eigenvalue weighted by molar-refractivity contribution is 7.20. The summed E-state index contributed by atoms with van der Waals surface area (Å²) in [5.74, 6) is 0.841. The van der Waals surface area contributed by atoms with Gasteiger partial charge < -0.3 is 20.4 Å². The molecule has 4 aromatic rings. The molecule has 3 aromatic heterocycles. The van der Waals surface area contributed by atoms with Gasteiger partial charge in [0.15, 0.2) is 10.9 Å². The van der Waals surface area contributed by atoms with Gasteiger partial charge in [-0.15, -0.1) is 5.10 Å². The van der Waals surface area contributed by atoms with Crippen LogP contribution < -0.4 is 15.5 Å². The van der Waals surface area contributed by atoms with Gasteiger partial charge in [-0.3, -0.25) is 0 Å². The van der Waals surface area contributed by atoms with Crippen LogP contribution in [-0.2, 0) is 6.42 Å². The summed E-state index contributed by atoms with van der Waals surface area (Å²) in [6.07, 6.45) is 1.58. The number of primary amides is 1. The van der Waals surface area contributed by atoms with E-state index >= 15 is 0 Å². The molecule has 1 fully saturated rings. The number of anilines is 3. The van der Waals surface area contributed by atoms with Crippen molar-refractivity contribution in [2.45, 2.75) is 32.7 Å². The molecule has 0 saturated carbocycles. The number of carbonyl (C=O) groups excluding carboxylic acids is 1. The third-order valence-electron chi connectivity index (χ3n) is 6.55. The lowest BCUT2D eigenvalue weighted by Gasteiger charge is -2.22. The Balaban J connectivity index is 1.49. The number of thiazole rings is 1. The van der Waals surface area contributed by atoms with E-state index in [-0.39, 0.29) is 6.04 Å². The highest BCUT2D eigenvalue weighted by atomic mass is 32.1. The van der Waals surface area contributed by atoms with Crippen molar-refractivity contribution in [2.75, 3.05) is 37.0 Å². The van der Waals surface area contributed by atoms with Gasteiger partial charge in [0.2, 0.25) is 10.1 Å². The van der Waals surface area contributed by atoms with Crippen molar-refractivity contribution in [3.05, 3.63) is 40.4 Å². The lowest BCUT2D eigenvalue weighted by atomic mass is 10.1. The minimum Gasteiger partial charge on any atom is -0.351 e. The van der Waals surface area contributed by atoms with Crippen LogP contribution in [0.1, 0.15) is 29.5 Å². The third kappa shape index (κ3) is 4.14. The minimum atomic E-state index is -0.419. The van der Waals surface area contributed by atoms with Gasteiger partial charge in [0.05, 0.1) is 11.7 Å². The third-order valence-corrected chi connectivity index (χ3v) is 8.56. The smallest absolute Gasteiger partial charge is 0.314 e. The summed E-state index contributed by atoms with van der Waals surface area (Å²) in [5.41, 5.74) is 9.14. The zero-order valence-electron chi connectivity index (χ0n) is 20.6. The summed E-state index contributed by atoms with van der Waals surface area (Å²) in [4.78, 5) is 28.4. The Hall–Kier alpha value is -3.69. The van der Waals surface area contributed by atoms with E-state index in [1.54, 1.807) is 11.9 Å². The lowest BCUT2D eigenvalue weighted by Crippen LogP contribution is -2.42. The number of aromatic nitrogens is 4. The van der Waals surface area contributed by atoms with Crippen LogP contribution in [0.5, 0.6) is 0 Å². The molecule has 4 heterocycles. The number of nitriles is 1. The van der Waals surface area contributed by atoms with E-state index in [1.165, 1.54) is 22.7 Å². The zero-order valence-corrected chi connectivity index (χ0v) is 22.2. The number of nitrogens with zero attached hydrogens (tertiary/aromatic N) is 8. The fourth-order valence-corrected chi connectivity index (χ4v) is 6.21. The summed E-state index contributed by atoms with van der Waals surface area (Å²) in [6, 6.07) is 9.99. The predicted octanol–water partition coefficient (Wildman–Crippen LogP) is 4.01. The van der Waals surface area contributed by atoms with Crippen LogP contribution in [0, 0.1) is 18.3 Å². The summed E-state index contributed by atoms with van der Waals surface area (Å²) in [7, 11) is 3.67. The van der Waals surface area contributed by atoms with Crippen LogP contribution in [0.15, 0.2) is 24.3 Å². The second-order valence-electron chi connectivity index (χ2n) is 8.86. The molecule has 0 unspecified atom stereocenters. The summed E-state index contributed by atoms with van der Waals surface area (Å²) in [6.45, 7) is 5.57. The number of imidazole rings is 1. The van der Waals surface area contributed by atoms with Crippen molar-refractivity contribution in [3.63, 3.8) is 0 Å². The summed E-state index contributed by atoms with van der Waals surface area (Å²) in [5, 5.41) is 16.2. The first-order valence-corrected chi connectivity index (χ1v) is 13.3. The number of urea groups is 1. The normalized spacial score (nSPS) is 15.4. The second-order valence-corrected chi connectivity index (χ2v) is 10.8. The molecule has 1 aromatic carbocycles. The molecule has 2 N–H and O–H groups in total. The molecule has 36 heavy (non-hydrogen) atoms. The minimum absolute atomic E-state index is 0.0620. The molecule has 5 rings (SSSR count). The Morgan fingerprint density at radius 3 is 2.67 bits per heavy atom. The van der Waals surface area contributed by atoms with Crippen molar-refractivity contribution in [2.24, 2.45) is 5.73 Å². The molecule has 0 bridgehead atoms. The average Bonchev–Trinajstić information content (AvgIpc) is 3.65. The number of likely N-dealkylation sites (N-methyl/N-ethyl adjacent to an activating group) is 1. The van der Waals surface area contributed by atoms with Crippen molar-refractivity contribution >= 4 is 49.7 Å². The molecule has 1 aliphatic rings. The molecule has 2 amide bonds. The van der Waals surface area contributed by atoms with Gasteiger partial charge in [0.25, 0.3) is 0 Å². The molecular weight excluding hydrogens is 494 g/mol. The number of hydrogen-bond donors (Lipinski definition) is 1. The van der Waals surface area contributed by atoms with E-state index < -0.39 is 6.03 Å². The molecule has 0 aliphatic carbocycles. The first-order chi connectivity index (χ1) is 17.3. The van der Waals surface area contributed by atoms with Crippen molar-refractivity contribution in [1.82, 2.24) is 24.5 Å². The molecular formula is C24H27N9OS2. The van der Waals surface area contributed by atoms with Gasteiger partial charge in [-0.05, 0) is 19.8 Å². The maximum atomic E-state index is 11.6. The number of aryl methyl sites for hydroxylation is 2. The maximum absolute atomic E-state index is 11.6. The molecule has 0 radical (unpaired) electrons. The predicted molar refractivity (Wildman–Crippen MR) is 143 cm³/mol. The van der Waals surface area contributed by atoms with Gasteiger partial charge in [0.1, 0.15) is 16.6 Å². The second kappa shape index (κ2) is 9.40. The molecule has 10 nitrogen and oxygen atoms in total. The Morgan fingerprint density at radius 1 is 1.25 bits per heavy atom. The largest absolute Gasteiger partial charge is 0.351 e. The Bertz CT molecular complexity index is 1460. The standard InChI is InChI=1S/C24H27N9OS2/c1-5-17-20(31(4)22-28-19(18(12-25)35-22)15-8-6-14(2)7-9-15)33-23(27-17)36-24(29-33)32-11-10-16(13-32)30(3)21(26)34/h6-9,16H,5,10-11,13H2,1-4H3,(H2,26,34)/t16-/m1/s1. The molecule has 1 atom stereocenters. The first kappa shape index (κ1) is 24.0. The van der Waals surface area contributed by atoms with Crippen molar-refractivity contribution in [3.8, 4) is 17.3 Å². The van der Waals surface area contributed by atoms with Gasteiger partial charge in [-0.2, -0.15) is 9.78 Å². The SMILES string of the molecule is CCc1nc2sc(N3CC[C@@H](N(C)C(N)=O)C3)nn2c1N(C)c1nc(-c2ccc(C)cc2)c(C#N)s1. The van der Waals surface area contributed by atoms with Crippen molar-refractivity contribution < 1.29 is 4.79 Å². The number of benzene rings is 1. The quantitative estimate of drug-likeness (QED) is 0.407. The van der Waals surface area contributed by atoms with E-state index in [9.17, 15) is 10.1 Å². The van der Waals surface area contributed by atoms with Crippen molar-refractivity contribution in [1.29, 1.82) is 5.26 Å². The fourth-order valence-electron chi connectivity index (χ4n) is 4.41. The molecule has 186 valence electrons. The van der Waals surface area contributed by atoms with E-state index in [4.69, 9.17) is 20.8 Å². The Morgan fingerprint density at radius 2 is 2.00 bits per heavy atom. The van der Waals surface area contributed by atoms with Crippen LogP contribution in [0.4, 0.5) is 20.9 Å². The number of rotatable bonds is 6. The first-order valence-electron chi connectivity index (χ1n) is 11.7. The van der Waals surface area contributed by atoms with Crippen LogP contribution in [-0.4, -0.2) is 63.7 Å². The highest BCUT2D eigenvalue weighted by Gasteiger charge is 2.31. The van der Waals surface area contributed by atoms with Crippen LogP contribution in [0.25, 0.3) is 16.2 Å². The van der Waals surface area contributed by atoms with Crippen LogP contribution in [0.2, 0.25) is 0 Å². The van der Waals surface area contributed by atoms with Crippen LogP contribution in [0.3, 0.4) is 0 Å². The Kier molecular flexibility index (Phi) is 6.27. The van der Waals surface area contributed by atoms with Gasteiger partial charge in [-0.25, -0.2) is 14.8 Å². The lowest BCUT2D eigenvalue weighted by molar-refractivity contribution is 0.204. The Labute approximate surface area is 217 Å². The fraction of sp³-hybridized carbons (Fsp3) is 0.375. The monoisotopic (exact) mass is 521 g/mol. The highest BCUT2D eigenvalue weighted by Crippen LogP contribution is 2.38. The van der Waals surface area contributed by atoms with E-state index in [0.717, 1.165) is 52.1 Å².